The molecule has 118 valence electrons. The maximum atomic E-state index is 11.4. The van der Waals surface area contributed by atoms with Gasteiger partial charge in [0, 0.05) is 12.2 Å². The number of anilines is 1. The summed E-state index contributed by atoms with van der Waals surface area (Å²) in [5.41, 5.74) is 7.87. The van der Waals surface area contributed by atoms with Crippen molar-refractivity contribution in [3.8, 4) is 0 Å². The lowest BCUT2D eigenvalue weighted by atomic mass is 10.0. The standard InChI is InChI=1S/C15H24N4O.HI/c1-4-8-17-14(20)10-18-15(16)19-13-7-5-6-12(9-13)11(2)3;/h5-7,9,11H,4,8,10H2,1-3H3,(H,17,20)(H3,16,18,19);1H. The molecule has 4 N–H and O–H groups in total. The van der Waals surface area contributed by atoms with Crippen LogP contribution in [0.25, 0.3) is 0 Å². The number of benzene rings is 1. The van der Waals surface area contributed by atoms with E-state index in [0.29, 0.717) is 12.5 Å². The fourth-order valence-corrected chi connectivity index (χ4v) is 1.64. The SMILES string of the molecule is CCCNC(=O)CN=C(N)Nc1cccc(C(C)C)c1.I. The Bertz CT molecular complexity index is 474. The van der Waals surface area contributed by atoms with Gasteiger partial charge in [0.1, 0.15) is 6.54 Å². The highest BCUT2D eigenvalue weighted by Gasteiger charge is 2.02. The summed E-state index contributed by atoms with van der Waals surface area (Å²) in [4.78, 5) is 15.4. The highest BCUT2D eigenvalue weighted by Crippen LogP contribution is 2.18. The minimum atomic E-state index is -0.118. The number of carbonyl (C=O) groups excluding carboxylic acids is 1. The van der Waals surface area contributed by atoms with Crippen LogP contribution in [0.5, 0.6) is 0 Å². The van der Waals surface area contributed by atoms with Crippen LogP contribution in [-0.4, -0.2) is 25.0 Å². The van der Waals surface area contributed by atoms with E-state index in [1.807, 2.05) is 25.1 Å². The molecule has 0 aliphatic rings. The molecular formula is C15H25IN4O. The lowest BCUT2D eigenvalue weighted by Gasteiger charge is -2.10. The number of aliphatic imine (C=N–C) groups is 1. The zero-order chi connectivity index (χ0) is 15.0. The molecule has 1 aromatic rings. The minimum absolute atomic E-state index is 0. The summed E-state index contributed by atoms with van der Waals surface area (Å²) in [6.07, 6.45) is 0.908. The second-order valence-electron chi connectivity index (χ2n) is 4.96. The van der Waals surface area contributed by atoms with Gasteiger partial charge in [0.2, 0.25) is 5.91 Å². The molecule has 0 fully saturated rings. The van der Waals surface area contributed by atoms with E-state index in [-0.39, 0.29) is 42.4 Å². The van der Waals surface area contributed by atoms with E-state index in [1.165, 1.54) is 5.56 Å². The third kappa shape index (κ3) is 7.89. The van der Waals surface area contributed by atoms with Gasteiger partial charge in [-0.3, -0.25) is 4.79 Å². The Morgan fingerprint density at radius 1 is 1.38 bits per heavy atom. The van der Waals surface area contributed by atoms with E-state index in [2.05, 4.69) is 35.5 Å². The molecule has 0 bridgehead atoms. The van der Waals surface area contributed by atoms with E-state index >= 15 is 0 Å². The Labute approximate surface area is 143 Å². The molecule has 1 aromatic carbocycles. The molecule has 1 rings (SSSR count). The van der Waals surface area contributed by atoms with Crippen LogP contribution in [0.3, 0.4) is 0 Å². The normalized spacial score (nSPS) is 11.0. The van der Waals surface area contributed by atoms with E-state index in [4.69, 9.17) is 5.73 Å². The predicted molar refractivity (Wildman–Crippen MR) is 99.4 cm³/mol. The maximum absolute atomic E-state index is 11.4. The monoisotopic (exact) mass is 404 g/mol. The smallest absolute Gasteiger partial charge is 0.241 e. The fraction of sp³-hybridized carbons (Fsp3) is 0.467. The number of nitrogens with zero attached hydrogens (tertiary/aromatic N) is 1. The summed E-state index contributed by atoms with van der Waals surface area (Å²) in [5.74, 6) is 0.583. The second kappa shape index (κ2) is 10.4. The first-order valence-electron chi connectivity index (χ1n) is 6.96. The lowest BCUT2D eigenvalue weighted by Crippen LogP contribution is -2.29. The largest absolute Gasteiger partial charge is 0.370 e. The first-order chi connectivity index (χ1) is 9.52. The van der Waals surface area contributed by atoms with Gasteiger partial charge in [-0.2, -0.15) is 0 Å². The van der Waals surface area contributed by atoms with Crippen molar-refractivity contribution in [2.75, 3.05) is 18.4 Å². The average molecular weight is 404 g/mol. The first kappa shape index (κ1) is 19.7. The average Bonchev–Trinajstić information content (AvgIpc) is 2.43. The van der Waals surface area contributed by atoms with Gasteiger partial charge in [0.25, 0.3) is 0 Å². The maximum Gasteiger partial charge on any atom is 0.241 e. The summed E-state index contributed by atoms with van der Waals surface area (Å²) in [5, 5.41) is 5.74. The van der Waals surface area contributed by atoms with Crippen molar-refractivity contribution >= 4 is 41.5 Å². The number of hydrogen-bond donors (Lipinski definition) is 3. The minimum Gasteiger partial charge on any atom is -0.370 e. The molecule has 1 amide bonds. The molecule has 0 aliphatic carbocycles. The summed E-state index contributed by atoms with van der Waals surface area (Å²) in [7, 11) is 0. The Morgan fingerprint density at radius 3 is 2.71 bits per heavy atom. The quantitative estimate of drug-likeness (QED) is 0.388. The molecular weight excluding hydrogens is 379 g/mol. The third-order valence-electron chi connectivity index (χ3n) is 2.79. The molecule has 0 saturated carbocycles. The van der Waals surface area contributed by atoms with Gasteiger partial charge in [-0.15, -0.1) is 24.0 Å². The van der Waals surface area contributed by atoms with Gasteiger partial charge in [-0.25, -0.2) is 4.99 Å². The third-order valence-corrected chi connectivity index (χ3v) is 2.79. The number of amides is 1. The summed E-state index contributed by atoms with van der Waals surface area (Å²) < 4.78 is 0. The zero-order valence-corrected chi connectivity index (χ0v) is 15.2. The number of halogens is 1. The predicted octanol–water partition coefficient (Wildman–Crippen LogP) is 2.68. The summed E-state index contributed by atoms with van der Waals surface area (Å²) in [6.45, 7) is 6.98. The van der Waals surface area contributed by atoms with E-state index < -0.39 is 0 Å². The van der Waals surface area contributed by atoms with Gasteiger partial charge in [-0.05, 0) is 30.0 Å². The fourth-order valence-electron chi connectivity index (χ4n) is 1.64. The van der Waals surface area contributed by atoms with Crippen molar-refractivity contribution < 1.29 is 4.79 Å². The van der Waals surface area contributed by atoms with Gasteiger partial charge in [-0.1, -0.05) is 32.9 Å². The molecule has 0 spiro atoms. The van der Waals surface area contributed by atoms with Gasteiger partial charge in [0.15, 0.2) is 5.96 Å². The molecule has 0 aromatic heterocycles. The molecule has 0 atom stereocenters. The topological polar surface area (TPSA) is 79.5 Å². The van der Waals surface area contributed by atoms with E-state index in [1.54, 1.807) is 0 Å². The Balaban J connectivity index is 0.00000400. The first-order valence-corrected chi connectivity index (χ1v) is 6.96. The highest BCUT2D eigenvalue weighted by atomic mass is 127. The number of guanidine groups is 1. The van der Waals surface area contributed by atoms with Gasteiger partial charge in [0.05, 0.1) is 0 Å². The Kier molecular flexibility index (Phi) is 9.77. The van der Waals surface area contributed by atoms with Crippen LogP contribution in [0.2, 0.25) is 0 Å². The van der Waals surface area contributed by atoms with Crippen LogP contribution in [0.1, 0.15) is 38.7 Å². The molecule has 0 saturated heterocycles. The number of hydrogen-bond acceptors (Lipinski definition) is 2. The van der Waals surface area contributed by atoms with Crippen molar-refractivity contribution in [1.82, 2.24) is 5.32 Å². The van der Waals surface area contributed by atoms with Crippen molar-refractivity contribution in [2.24, 2.45) is 10.7 Å². The Morgan fingerprint density at radius 2 is 2.10 bits per heavy atom. The molecule has 0 aliphatic heterocycles. The Hall–Kier alpha value is -1.31. The molecule has 21 heavy (non-hydrogen) atoms. The van der Waals surface area contributed by atoms with E-state index in [9.17, 15) is 4.79 Å². The number of carbonyl (C=O) groups is 1. The van der Waals surface area contributed by atoms with Crippen molar-refractivity contribution in [3.05, 3.63) is 29.8 Å². The zero-order valence-electron chi connectivity index (χ0n) is 12.8. The van der Waals surface area contributed by atoms with Gasteiger partial charge >= 0.3 is 0 Å². The van der Waals surface area contributed by atoms with Crippen LogP contribution in [0.4, 0.5) is 5.69 Å². The van der Waals surface area contributed by atoms with Crippen LogP contribution in [-0.2, 0) is 4.79 Å². The van der Waals surface area contributed by atoms with Crippen LogP contribution in [0, 0.1) is 0 Å². The van der Waals surface area contributed by atoms with Crippen molar-refractivity contribution in [2.45, 2.75) is 33.1 Å². The van der Waals surface area contributed by atoms with Crippen LogP contribution >= 0.6 is 24.0 Å². The summed E-state index contributed by atoms with van der Waals surface area (Å²) in [6, 6.07) is 8.00. The number of nitrogens with one attached hydrogen (secondary N) is 2. The molecule has 0 heterocycles. The van der Waals surface area contributed by atoms with E-state index in [0.717, 1.165) is 12.1 Å². The molecule has 0 unspecified atom stereocenters. The van der Waals surface area contributed by atoms with Crippen LogP contribution in [0.15, 0.2) is 29.3 Å². The number of rotatable bonds is 6. The number of nitrogens with two attached hydrogens (primary N) is 1. The highest BCUT2D eigenvalue weighted by molar-refractivity contribution is 14.0. The molecule has 6 heteroatoms. The molecule has 0 radical (unpaired) electrons. The summed E-state index contributed by atoms with van der Waals surface area (Å²) >= 11 is 0. The van der Waals surface area contributed by atoms with Crippen molar-refractivity contribution in [1.29, 1.82) is 0 Å². The van der Waals surface area contributed by atoms with Gasteiger partial charge < -0.3 is 16.4 Å². The second-order valence-corrected chi connectivity index (χ2v) is 4.96. The molecule has 5 nitrogen and oxygen atoms in total. The van der Waals surface area contributed by atoms with Crippen LogP contribution < -0.4 is 16.4 Å². The van der Waals surface area contributed by atoms with Crippen molar-refractivity contribution in [3.63, 3.8) is 0 Å². The lowest BCUT2D eigenvalue weighted by molar-refractivity contribution is -0.119.